The zero-order valence-corrected chi connectivity index (χ0v) is 8.64. The van der Waals surface area contributed by atoms with E-state index in [1.54, 1.807) is 0 Å². The molecule has 2 heterocycles. The first-order valence-corrected chi connectivity index (χ1v) is 5.92. The molecule has 0 aromatic heterocycles. The molecule has 0 aromatic carbocycles. The molecule has 2 atom stereocenters. The Bertz CT molecular complexity index is 213. The first-order valence-electron chi connectivity index (χ1n) is 5.92. The van der Waals surface area contributed by atoms with E-state index in [2.05, 4.69) is 10.2 Å². The van der Waals surface area contributed by atoms with Gasteiger partial charge in [-0.3, -0.25) is 4.90 Å². The first kappa shape index (κ1) is 9.10. The summed E-state index contributed by atoms with van der Waals surface area (Å²) in [5.41, 5.74) is -0.800. The highest BCUT2D eigenvalue weighted by Crippen LogP contribution is 2.43. The fraction of sp³-hybridized carbons (Fsp3) is 1.00. The maximum atomic E-state index is 13.7. The van der Waals surface area contributed by atoms with Crippen molar-refractivity contribution >= 4 is 0 Å². The van der Waals surface area contributed by atoms with Crippen molar-refractivity contribution in [2.75, 3.05) is 19.6 Å². The molecule has 2 aliphatic heterocycles. The molecule has 3 fully saturated rings. The van der Waals surface area contributed by atoms with Gasteiger partial charge in [-0.25, -0.2) is 4.39 Å². The smallest absolute Gasteiger partial charge is 0.123 e. The Morgan fingerprint density at radius 2 is 2.00 bits per heavy atom. The van der Waals surface area contributed by atoms with Gasteiger partial charge in [-0.2, -0.15) is 0 Å². The summed E-state index contributed by atoms with van der Waals surface area (Å²) < 4.78 is 13.7. The van der Waals surface area contributed by atoms with E-state index in [1.807, 2.05) is 0 Å². The van der Waals surface area contributed by atoms with E-state index < -0.39 is 5.67 Å². The van der Waals surface area contributed by atoms with Crippen molar-refractivity contribution in [3.05, 3.63) is 0 Å². The van der Waals surface area contributed by atoms with E-state index in [-0.39, 0.29) is 0 Å². The van der Waals surface area contributed by atoms with Gasteiger partial charge in [0.15, 0.2) is 0 Å². The van der Waals surface area contributed by atoms with Gasteiger partial charge >= 0.3 is 0 Å². The number of nitrogens with one attached hydrogen (secondary N) is 1. The van der Waals surface area contributed by atoms with Gasteiger partial charge in [0.2, 0.25) is 0 Å². The normalized spacial score (nSPS) is 40.9. The van der Waals surface area contributed by atoms with Crippen LogP contribution in [0.15, 0.2) is 0 Å². The number of halogens is 1. The largest absolute Gasteiger partial charge is 0.315 e. The van der Waals surface area contributed by atoms with E-state index in [1.165, 1.54) is 19.3 Å². The topological polar surface area (TPSA) is 15.3 Å². The summed E-state index contributed by atoms with van der Waals surface area (Å²) in [5, 5.41) is 3.45. The standard InChI is InChI=1S/C11H19FN2/c12-11(4-5-11)8-14-9-1-2-10(14)7-13-6-3-9/h9-10,13H,1-8H2. The van der Waals surface area contributed by atoms with Crippen LogP contribution in [0.2, 0.25) is 0 Å². The molecule has 2 saturated heterocycles. The summed E-state index contributed by atoms with van der Waals surface area (Å²) >= 11 is 0. The third-order valence-electron chi connectivity index (χ3n) is 4.06. The molecular weight excluding hydrogens is 179 g/mol. The summed E-state index contributed by atoms with van der Waals surface area (Å²) in [6, 6.07) is 1.29. The Labute approximate surface area is 84.8 Å². The second-order valence-corrected chi connectivity index (χ2v) is 5.20. The minimum atomic E-state index is -0.800. The lowest BCUT2D eigenvalue weighted by Gasteiger charge is -2.28. The maximum absolute atomic E-state index is 13.7. The van der Waals surface area contributed by atoms with Gasteiger partial charge in [0.25, 0.3) is 0 Å². The van der Waals surface area contributed by atoms with Crippen molar-refractivity contribution in [1.82, 2.24) is 10.2 Å². The van der Waals surface area contributed by atoms with Crippen molar-refractivity contribution in [2.45, 2.75) is 49.9 Å². The van der Waals surface area contributed by atoms with Crippen LogP contribution in [-0.2, 0) is 0 Å². The predicted molar refractivity (Wildman–Crippen MR) is 54.1 cm³/mol. The number of hydrogen-bond acceptors (Lipinski definition) is 2. The molecule has 3 aliphatic rings. The minimum absolute atomic E-state index is 0.621. The Kier molecular flexibility index (Phi) is 2.06. The third kappa shape index (κ3) is 1.57. The molecule has 2 nitrogen and oxygen atoms in total. The summed E-state index contributed by atoms with van der Waals surface area (Å²) in [4.78, 5) is 2.45. The van der Waals surface area contributed by atoms with E-state index in [0.29, 0.717) is 18.6 Å². The van der Waals surface area contributed by atoms with Crippen LogP contribution in [0.5, 0.6) is 0 Å². The summed E-state index contributed by atoms with van der Waals surface area (Å²) in [5.74, 6) is 0. The molecule has 0 radical (unpaired) electrons. The number of alkyl halides is 1. The molecule has 0 aromatic rings. The number of hydrogen-bond donors (Lipinski definition) is 1. The van der Waals surface area contributed by atoms with Crippen LogP contribution < -0.4 is 5.32 Å². The Morgan fingerprint density at radius 3 is 2.79 bits per heavy atom. The molecule has 3 heteroatoms. The lowest BCUT2D eigenvalue weighted by molar-refractivity contribution is 0.133. The van der Waals surface area contributed by atoms with Crippen molar-refractivity contribution in [2.24, 2.45) is 0 Å². The fourth-order valence-electron chi connectivity index (χ4n) is 2.96. The lowest BCUT2D eigenvalue weighted by Crippen LogP contribution is -2.42. The number of fused-ring (bicyclic) bond motifs is 2. The van der Waals surface area contributed by atoms with Crippen LogP contribution in [0.1, 0.15) is 32.1 Å². The maximum Gasteiger partial charge on any atom is 0.123 e. The van der Waals surface area contributed by atoms with Gasteiger partial charge in [0, 0.05) is 25.2 Å². The average Bonchev–Trinajstić information content (AvgIpc) is 2.75. The molecule has 2 bridgehead atoms. The molecule has 1 N–H and O–H groups in total. The fourth-order valence-corrected chi connectivity index (χ4v) is 2.96. The average molecular weight is 198 g/mol. The molecule has 1 aliphatic carbocycles. The second kappa shape index (κ2) is 3.17. The first-order chi connectivity index (χ1) is 6.77. The molecule has 1 saturated carbocycles. The molecule has 2 unspecified atom stereocenters. The van der Waals surface area contributed by atoms with Crippen LogP contribution in [0.4, 0.5) is 4.39 Å². The molecule has 3 rings (SSSR count). The highest BCUT2D eigenvalue weighted by atomic mass is 19.1. The SMILES string of the molecule is FC1(CN2C3CCNCC2CC3)CC1. The highest BCUT2D eigenvalue weighted by Gasteiger charge is 2.48. The van der Waals surface area contributed by atoms with E-state index in [4.69, 9.17) is 0 Å². The van der Waals surface area contributed by atoms with Crippen LogP contribution in [0.25, 0.3) is 0 Å². The summed E-state index contributed by atoms with van der Waals surface area (Å²) in [6.07, 6.45) is 5.38. The molecule has 0 spiro atoms. The van der Waals surface area contributed by atoms with E-state index >= 15 is 0 Å². The van der Waals surface area contributed by atoms with Gasteiger partial charge in [0.05, 0.1) is 0 Å². The monoisotopic (exact) mass is 198 g/mol. The minimum Gasteiger partial charge on any atom is -0.315 e. The quantitative estimate of drug-likeness (QED) is 0.720. The molecule has 0 amide bonds. The molecule has 14 heavy (non-hydrogen) atoms. The van der Waals surface area contributed by atoms with Gasteiger partial charge in [-0.1, -0.05) is 0 Å². The van der Waals surface area contributed by atoms with Crippen molar-refractivity contribution in [1.29, 1.82) is 0 Å². The Balaban J connectivity index is 1.70. The number of nitrogens with zero attached hydrogens (tertiary/aromatic N) is 1. The summed E-state index contributed by atoms with van der Waals surface area (Å²) in [6.45, 7) is 2.91. The highest BCUT2D eigenvalue weighted by molar-refractivity contribution is 5.02. The van der Waals surface area contributed by atoms with E-state index in [9.17, 15) is 4.39 Å². The van der Waals surface area contributed by atoms with Crippen LogP contribution in [0.3, 0.4) is 0 Å². The Morgan fingerprint density at radius 1 is 1.21 bits per heavy atom. The zero-order chi connectivity index (χ0) is 9.60. The van der Waals surface area contributed by atoms with Gasteiger partial charge < -0.3 is 5.32 Å². The van der Waals surface area contributed by atoms with Crippen molar-refractivity contribution < 1.29 is 4.39 Å². The summed E-state index contributed by atoms with van der Waals surface area (Å²) in [7, 11) is 0. The van der Waals surface area contributed by atoms with Crippen molar-refractivity contribution in [3.8, 4) is 0 Å². The zero-order valence-electron chi connectivity index (χ0n) is 8.64. The van der Waals surface area contributed by atoms with Crippen LogP contribution >= 0.6 is 0 Å². The van der Waals surface area contributed by atoms with Gasteiger partial charge in [0.1, 0.15) is 5.67 Å². The molecule has 80 valence electrons. The number of rotatable bonds is 2. The lowest BCUT2D eigenvalue weighted by atomic mass is 10.1. The van der Waals surface area contributed by atoms with E-state index in [0.717, 1.165) is 25.9 Å². The third-order valence-corrected chi connectivity index (χ3v) is 4.06. The van der Waals surface area contributed by atoms with Crippen molar-refractivity contribution in [3.63, 3.8) is 0 Å². The van der Waals surface area contributed by atoms with Gasteiger partial charge in [-0.15, -0.1) is 0 Å². The predicted octanol–water partition coefficient (Wildman–Crippen LogP) is 1.31. The van der Waals surface area contributed by atoms with Crippen LogP contribution in [0, 0.1) is 0 Å². The Hall–Kier alpha value is -0.150. The van der Waals surface area contributed by atoms with Gasteiger partial charge in [-0.05, 0) is 38.6 Å². The van der Waals surface area contributed by atoms with Crippen LogP contribution in [-0.4, -0.2) is 42.3 Å². The molecular formula is C11H19FN2. The second-order valence-electron chi connectivity index (χ2n) is 5.20.